The van der Waals surface area contributed by atoms with E-state index < -0.39 is 0 Å². The molecule has 2 rings (SSSR count). The maximum atomic E-state index is 5.77. The second kappa shape index (κ2) is 8.08. The molecule has 1 aromatic heterocycles. The molecule has 0 aliphatic heterocycles. The fourth-order valence-electron chi connectivity index (χ4n) is 2.14. The minimum absolute atomic E-state index is 0.578. The Morgan fingerprint density at radius 3 is 2.65 bits per heavy atom. The molecular formula is C17H23NOS. The van der Waals surface area contributed by atoms with Gasteiger partial charge >= 0.3 is 0 Å². The van der Waals surface area contributed by atoms with Gasteiger partial charge in [-0.1, -0.05) is 25.1 Å². The van der Waals surface area contributed by atoms with Crippen LogP contribution in [0.2, 0.25) is 0 Å². The molecule has 20 heavy (non-hydrogen) atoms. The van der Waals surface area contributed by atoms with Gasteiger partial charge in [-0.25, -0.2) is 0 Å². The van der Waals surface area contributed by atoms with Gasteiger partial charge in [0.05, 0.1) is 0 Å². The van der Waals surface area contributed by atoms with Gasteiger partial charge in [0.25, 0.3) is 0 Å². The SMILES string of the molecule is CCNC(C)CCc1ccc(OCc2cccs2)cc1. The lowest BCUT2D eigenvalue weighted by atomic mass is 10.1. The van der Waals surface area contributed by atoms with Crippen LogP contribution in [0.5, 0.6) is 5.75 Å². The average Bonchev–Trinajstić information content (AvgIpc) is 2.98. The first-order chi connectivity index (χ1) is 9.78. The molecule has 1 heterocycles. The van der Waals surface area contributed by atoms with Crippen LogP contribution in [-0.2, 0) is 13.0 Å². The fraction of sp³-hybridized carbons (Fsp3) is 0.412. The molecule has 3 heteroatoms. The van der Waals surface area contributed by atoms with Gasteiger partial charge in [-0.3, -0.25) is 0 Å². The number of rotatable bonds is 8. The molecule has 0 aliphatic rings. The first-order valence-corrected chi connectivity index (χ1v) is 8.13. The number of hydrogen-bond donors (Lipinski definition) is 1. The van der Waals surface area contributed by atoms with Crippen molar-refractivity contribution in [3.63, 3.8) is 0 Å². The van der Waals surface area contributed by atoms with Crippen LogP contribution in [-0.4, -0.2) is 12.6 Å². The molecule has 1 N–H and O–H groups in total. The zero-order valence-corrected chi connectivity index (χ0v) is 13.1. The van der Waals surface area contributed by atoms with Gasteiger partial charge in [0.1, 0.15) is 12.4 Å². The first-order valence-electron chi connectivity index (χ1n) is 7.25. The van der Waals surface area contributed by atoms with Crippen molar-refractivity contribution in [1.29, 1.82) is 0 Å². The third-order valence-electron chi connectivity index (χ3n) is 3.30. The predicted octanol–water partition coefficient (Wildman–Crippen LogP) is 4.26. The second-order valence-corrected chi connectivity index (χ2v) is 6.04. The number of nitrogens with one attached hydrogen (secondary N) is 1. The van der Waals surface area contributed by atoms with E-state index in [-0.39, 0.29) is 0 Å². The molecule has 0 amide bonds. The molecule has 108 valence electrons. The van der Waals surface area contributed by atoms with Gasteiger partial charge in [0.2, 0.25) is 0 Å². The van der Waals surface area contributed by atoms with Crippen LogP contribution in [0.1, 0.15) is 30.7 Å². The Balaban J connectivity index is 1.77. The van der Waals surface area contributed by atoms with E-state index in [2.05, 4.69) is 60.9 Å². The monoisotopic (exact) mass is 289 g/mol. The highest BCUT2D eigenvalue weighted by Gasteiger charge is 2.02. The molecular weight excluding hydrogens is 266 g/mol. The van der Waals surface area contributed by atoms with Crippen molar-refractivity contribution in [3.8, 4) is 5.75 Å². The van der Waals surface area contributed by atoms with Crippen molar-refractivity contribution >= 4 is 11.3 Å². The number of ether oxygens (including phenoxy) is 1. The van der Waals surface area contributed by atoms with E-state index in [1.807, 2.05) is 0 Å². The second-order valence-electron chi connectivity index (χ2n) is 5.01. The van der Waals surface area contributed by atoms with Crippen molar-refractivity contribution < 1.29 is 4.74 Å². The standard InChI is InChI=1S/C17H23NOS/c1-3-18-14(2)6-7-15-8-10-16(11-9-15)19-13-17-5-4-12-20-17/h4-5,8-12,14,18H,3,6-7,13H2,1-2H3. The van der Waals surface area contributed by atoms with Crippen molar-refractivity contribution in [3.05, 3.63) is 52.2 Å². The Kier molecular flexibility index (Phi) is 6.09. The summed E-state index contributed by atoms with van der Waals surface area (Å²) in [5.41, 5.74) is 1.37. The van der Waals surface area contributed by atoms with E-state index >= 15 is 0 Å². The first kappa shape index (κ1) is 15.1. The van der Waals surface area contributed by atoms with Crippen LogP contribution >= 0.6 is 11.3 Å². The third kappa shape index (κ3) is 4.99. The zero-order chi connectivity index (χ0) is 14.2. The van der Waals surface area contributed by atoms with Gasteiger partial charge in [-0.2, -0.15) is 0 Å². The maximum Gasteiger partial charge on any atom is 0.122 e. The van der Waals surface area contributed by atoms with Crippen molar-refractivity contribution in [2.24, 2.45) is 0 Å². The van der Waals surface area contributed by atoms with E-state index in [0.29, 0.717) is 12.6 Å². The summed E-state index contributed by atoms with van der Waals surface area (Å²) in [4.78, 5) is 1.26. The highest BCUT2D eigenvalue weighted by molar-refractivity contribution is 7.09. The topological polar surface area (TPSA) is 21.3 Å². The molecule has 1 unspecified atom stereocenters. The quantitative estimate of drug-likeness (QED) is 0.784. The normalized spacial score (nSPS) is 12.3. The number of thiophene rings is 1. The van der Waals surface area contributed by atoms with Gasteiger partial charge in [0.15, 0.2) is 0 Å². The van der Waals surface area contributed by atoms with Gasteiger partial charge in [-0.05, 0) is 55.5 Å². The third-order valence-corrected chi connectivity index (χ3v) is 4.15. The lowest BCUT2D eigenvalue weighted by molar-refractivity contribution is 0.309. The lowest BCUT2D eigenvalue weighted by Crippen LogP contribution is -2.25. The summed E-state index contributed by atoms with van der Waals surface area (Å²) in [5.74, 6) is 0.946. The Morgan fingerprint density at radius 1 is 1.20 bits per heavy atom. The van der Waals surface area contributed by atoms with Gasteiger partial charge in [0, 0.05) is 10.9 Å². The molecule has 1 aromatic carbocycles. The van der Waals surface area contributed by atoms with Crippen molar-refractivity contribution in [1.82, 2.24) is 5.32 Å². The highest BCUT2D eigenvalue weighted by atomic mass is 32.1. The molecule has 0 aliphatic carbocycles. The van der Waals surface area contributed by atoms with Crippen LogP contribution in [0.3, 0.4) is 0 Å². The van der Waals surface area contributed by atoms with Crippen LogP contribution < -0.4 is 10.1 Å². The summed E-state index contributed by atoms with van der Waals surface area (Å²) in [7, 11) is 0. The number of hydrogen-bond acceptors (Lipinski definition) is 3. The molecule has 0 bridgehead atoms. The smallest absolute Gasteiger partial charge is 0.122 e. The molecule has 2 aromatic rings. The summed E-state index contributed by atoms with van der Waals surface area (Å²) < 4.78 is 5.77. The average molecular weight is 289 g/mol. The minimum Gasteiger partial charge on any atom is -0.488 e. The molecule has 0 saturated carbocycles. The van der Waals surface area contributed by atoms with E-state index in [0.717, 1.165) is 18.7 Å². The predicted molar refractivity (Wildman–Crippen MR) is 86.6 cm³/mol. The molecule has 1 atom stereocenters. The number of aryl methyl sites for hydroxylation is 1. The van der Waals surface area contributed by atoms with E-state index in [9.17, 15) is 0 Å². The van der Waals surface area contributed by atoms with Gasteiger partial charge < -0.3 is 10.1 Å². The Labute approximate surface area is 125 Å². The van der Waals surface area contributed by atoms with Crippen LogP contribution in [0, 0.1) is 0 Å². The summed E-state index contributed by atoms with van der Waals surface area (Å²) in [6.07, 6.45) is 2.28. The molecule has 0 spiro atoms. The minimum atomic E-state index is 0.578. The Hall–Kier alpha value is -1.32. The van der Waals surface area contributed by atoms with Crippen LogP contribution in [0.25, 0.3) is 0 Å². The maximum absolute atomic E-state index is 5.77. The fourth-order valence-corrected chi connectivity index (χ4v) is 2.75. The summed E-state index contributed by atoms with van der Waals surface area (Å²) >= 11 is 1.73. The van der Waals surface area contributed by atoms with Gasteiger partial charge in [-0.15, -0.1) is 11.3 Å². The molecule has 0 fully saturated rings. The van der Waals surface area contributed by atoms with Crippen molar-refractivity contribution in [2.75, 3.05) is 6.54 Å². The van der Waals surface area contributed by atoms with Crippen LogP contribution in [0.15, 0.2) is 41.8 Å². The summed E-state index contributed by atoms with van der Waals surface area (Å²) in [6, 6.07) is 13.2. The molecule has 0 radical (unpaired) electrons. The highest BCUT2D eigenvalue weighted by Crippen LogP contribution is 2.17. The van der Waals surface area contributed by atoms with E-state index in [1.54, 1.807) is 11.3 Å². The summed E-state index contributed by atoms with van der Waals surface area (Å²) in [5, 5.41) is 5.52. The van der Waals surface area contributed by atoms with E-state index in [1.165, 1.54) is 16.9 Å². The lowest BCUT2D eigenvalue weighted by Gasteiger charge is -2.12. The molecule has 0 saturated heterocycles. The Bertz CT molecular complexity index is 478. The van der Waals surface area contributed by atoms with Crippen molar-refractivity contribution in [2.45, 2.75) is 39.3 Å². The molecule has 2 nitrogen and oxygen atoms in total. The number of benzene rings is 1. The zero-order valence-electron chi connectivity index (χ0n) is 12.3. The Morgan fingerprint density at radius 2 is 2.00 bits per heavy atom. The largest absolute Gasteiger partial charge is 0.488 e. The van der Waals surface area contributed by atoms with E-state index in [4.69, 9.17) is 4.74 Å². The van der Waals surface area contributed by atoms with Crippen LogP contribution in [0.4, 0.5) is 0 Å². The summed E-state index contributed by atoms with van der Waals surface area (Å²) in [6.45, 7) is 6.09.